The molecule has 0 bridgehead atoms. The van der Waals surface area contributed by atoms with Crippen LogP contribution in [-0.2, 0) is 11.3 Å². The lowest BCUT2D eigenvalue weighted by atomic mass is 9.75. The Hall–Kier alpha value is -1.75. The Balaban J connectivity index is 1.45. The van der Waals surface area contributed by atoms with Gasteiger partial charge in [0.05, 0.1) is 18.9 Å². The van der Waals surface area contributed by atoms with Crippen molar-refractivity contribution >= 4 is 0 Å². The average Bonchev–Trinajstić information content (AvgIpc) is 3.01. The highest BCUT2D eigenvalue weighted by Gasteiger charge is 2.47. The summed E-state index contributed by atoms with van der Waals surface area (Å²) < 4.78 is 5.63. The predicted molar refractivity (Wildman–Crippen MR) is 93.4 cm³/mol. The van der Waals surface area contributed by atoms with E-state index in [9.17, 15) is 5.11 Å². The summed E-state index contributed by atoms with van der Waals surface area (Å²) in [5.41, 5.74) is 3.51. The van der Waals surface area contributed by atoms with Gasteiger partial charge in [-0.25, -0.2) is 0 Å². The van der Waals surface area contributed by atoms with Crippen molar-refractivity contribution in [2.45, 2.75) is 13.0 Å². The summed E-state index contributed by atoms with van der Waals surface area (Å²) >= 11 is 0. The highest BCUT2D eigenvalue weighted by molar-refractivity contribution is 5.58. The van der Waals surface area contributed by atoms with Gasteiger partial charge in [0.25, 0.3) is 0 Å². The molecule has 1 aromatic heterocycles. The van der Waals surface area contributed by atoms with Gasteiger partial charge in [0.1, 0.15) is 0 Å². The molecule has 0 amide bonds. The van der Waals surface area contributed by atoms with Crippen LogP contribution in [0.5, 0.6) is 0 Å². The quantitative estimate of drug-likeness (QED) is 0.939. The van der Waals surface area contributed by atoms with Crippen molar-refractivity contribution in [1.29, 1.82) is 0 Å². The zero-order valence-corrected chi connectivity index (χ0v) is 13.9. The summed E-state index contributed by atoms with van der Waals surface area (Å²) in [4.78, 5) is 6.86. The first-order valence-corrected chi connectivity index (χ1v) is 8.70. The van der Waals surface area contributed by atoms with Crippen molar-refractivity contribution in [3.05, 3.63) is 54.2 Å². The Kier molecular flexibility index (Phi) is 4.35. The van der Waals surface area contributed by atoms with Gasteiger partial charge in [-0.3, -0.25) is 9.88 Å². The van der Waals surface area contributed by atoms with E-state index in [1.807, 2.05) is 24.4 Å². The zero-order chi connectivity index (χ0) is 16.4. The summed E-state index contributed by atoms with van der Waals surface area (Å²) in [6.07, 6.45) is 2.80. The molecule has 0 spiro atoms. The van der Waals surface area contributed by atoms with Gasteiger partial charge in [0.2, 0.25) is 0 Å². The van der Waals surface area contributed by atoms with E-state index in [1.165, 1.54) is 5.56 Å². The van der Waals surface area contributed by atoms with Gasteiger partial charge in [-0.1, -0.05) is 30.3 Å². The number of likely N-dealkylation sites (tertiary alicyclic amines) is 1. The van der Waals surface area contributed by atoms with Crippen molar-refractivity contribution in [2.75, 3.05) is 32.9 Å². The molecule has 1 N–H and O–H groups in total. The second kappa shape index (κ2) is 6.63. The molecule has 2 fully saturated rings. The first-order valence-electron chi connectivity index (χ1n) is 8.70. The van der Waals surface area contributed by atoms with E-state index >= 15 is 0 Å². The topological polar surface area (TPSA) is 45.6 Å². The molecule has 0 aliphatic carbocycles. The fourth-order valence-electron chi connectivity index (χ4n) is 4.11. The largest absolute Gasteiger partial charge is 0.396 e. The number of pyridine rings is 1. The van der Waals surface area contributed by atoms with Crippen LogP contribution in [0.15, 0.2) is 48.7 Å². The molecule has 2 atom stereocenters. The first kappa shape index (κ1) is 15.8. The number of nitrogens with zero attached hydrogens (tertiary/aromatic N) is 2. The number of ether oxygens (including phenoxy) is 1. The lowest BCUT2D eigenvalue weighted by Crippen LogP contribution is -2.41. The van der Waals surface area contributed by atoms with Gasteiger partial charge < -0.3 is 9.84 Å². The Morgan fingerprint density at radius 2 is 2.08 bits per heavy atom. The Labute approximate surface area is 143 Å². The van der Waals surface area contributed by atoms with Crippen molar-refractivity contribution in [2.24, 2.45) is 11.3 Å². The monoisotopic (exact) mass is 324 g/mol. The highest BCUT2D eigenvalue weighted by Crippen LogP contribution is 2.42. The number of hydrogen-bond acceptors (Lipinski definition) is 4. The molecule has 4 rings (SSSR count). The second-order valence-corrected chi connectivity index (χ2v) is 7.12. The lowest BCUT2D eigenvalue weighted by Gasteiger charge is -2.36. The van der Waals surface area contributed by atoms with Crippen molar-refractivity contribution in [3.8, 4) is 11.3 Å². The molecule has 126 valence electrons. The van der Waals surface area contributed by atoms with Crippen LogP contribution in [0.3, 0.4) is 0 Å². The molecular formula is C20H24N2O2. The molecule has 0 saturated carbocycles. The molecule has 4 nitrogen and oxygen atoms in total. The maximum atomic E-state index is 9.91. The average molecular weight is 324 g/mol. The zero-order valence-electron chi connectivity index (χ0n) is 13.9. The summed E-state index contributed by atoms with van der Waals surface area (Å²) in [5, 5.41) is 9.91. The van der Waals surface area contributed by atoms with E-state index in [0.717, 1.165) is 50.5 Å². The Morgan fingerprint density at radius 1 is 1.21 bits per heavy atom. The van der Waals surface area contributed by atoms with E-state index in [1.54, 1.807) is 0 Å². The number of aromatic nitrogens is 1. The smallest absolute Gasteiger partial charge is 0.0701 e. The number of benzene rings is 1. The SMILES string of the molecule is OC[C@]12CCOC[C@H]1CN(Cc1ccc(-c3ccccn3)cc1)C2. The third-order valence-corrected chi connectivity index (χ3v) is 5.58. The molecule has 24 heavy (non-hydrogen) atoms. The van der Waals surface area contributed by atoms with E-state index in [0.29, 0.717) is 5.92 Å². The summed E-state index contributed by atoms with van der Waals surface area (Å²) in [5.74, 6) is 0.462. The summed E-state index contributed by atoms with van der Waals surface area (Å²) in [7, 11) is 0. The van der Waals surface area contributed by atoms with Gasteiger partial charge in [-0.2, -0.15) is 0 Å². The molecule has 2 saturated heterocycles. The van der Waals surface area contributed by atoms with Crippen molar-refractivity contribution < 1.29 is 9.84 Å². The van der Waals surface area contributed by atoms with Crippen LogP contribution in [0.2, 0.25) is 0 Å². The van der Waals surface area contributed by atoms with Crippen LogP contribution in [0.4, 0.5) is 0 Å². The molecule has 1 aromatic carbocycles. The molecule has 4 heteroatoms. The fraction of sp³-hybridized carbons (Fsp3) is 0.450. The molecule has 2 aromatic rings. The second-order valence-electron chi connectivity index (χ2n) is 7.12. The number of aliphatic hydroxyl groups excluding tert-OH is 1. The Morgan fingerprint density at radius 3 is 2.79 bits per heavy atom. The van der Waals surface area contributed by atoms with Gasteiger partial charge in [-0.05, 0) is 24.1 Å². The van der Waals surface area contributed by atoms with Gasteiger partial charge in [-0.15, -0.1) is 0 Å². The maximum absolute atomic E-state index is 9.91. The van der Waals surface area contributed by atoms with Crippen LogP contribution in [-0.4, -0.2) is 47.9 Å². The minimum absolute atomic E-state index is 0.0478. The minimum atomic E-state index is 0.0478. The van der Waals surface area contributed by atoms with E-state index in [2.05, 4.69) is 34.1 Å². The normalized spacial score (nSPS) is 27.1. The Bertz CT molecular complexity index is 674. The predicted octanol–water partition coefficient (Wildman–Crippen LogP) is 2.58. The van der Waals surface area contributed by atoms with Crippen LogP contribution < -0.4 is 0 Å². The maximum Gasteiger partial charge on any atom is 0.0701 e. The van der Waals surface area contributed by atoms with Gasteiger partial charge >= 0.3 is 0 Å². The molecule has 0 unspecified atom stereocenters. The highest BCUT2D eigenvalue weighted by atomic mass is 16.5. The summed E-state index contributed by atoms with van der Waals surface area (Å²) in [6, 6.07) is 14.6. The van der Waals surface area contributed by atoms with Gasteiger partial charge in [0.15, 0.2) is 0 Å². The van der Waals surface area contributed by atoms with Crippen LogP contribution >= 0.6 is 0 Å². The van der Waals surface area contributed by atoms with Crippen LogP contribution in [0, 0.1) is 11.3 Å². The van der Waals surface area contributed by atoms with Crippen LogP contribution in [0.25, 0.3) is 11.3 Å². The first-order chi connectivity index (χ1) is 11.8. The number of rotatable bonds is 4. The molecule has 3 heterocycles. The fourth-order valence-corrected chi connectivity index (χ4v) is 4.11. The number of aliphatic hydroxyl groups is 1. The van der Waals surface area contributed by atoms with Crippen LogP contribution in [0.1, 0.15) is 12.0 Å². The molecule has 2 aliphatic rings. The molecule has 2 aliphatic heterocycles. The third-order valence-electron chi connectivity index (χ3n) is 5.58. The van der Waals surface area contributed by atoms with E-state index < -0.39 is 0 Å². The van der Waals surface area contributed by atoms with Crippen molar-refractivity contribution in [1.82, 2.24) is 9.88 Å². The number of hydrogen-bond donors (Lipinski definition) is 1. The van der Waals surface area contributed by atoms with Gasteiger partial charge in [0, 0.05) is 49.3 Å². The minimum Gasteiger partial charge on any atom is -0.396 e. The van der Waals surface area contributed by atoms with E-state index in [4.69, 9.17) is 4.74 Å². The standard InChI is InChI=1S/C20H24N2O2/c23-15-20-8-10-24-13-18(20)12-22(14-20)11-16-4-6-17(7-5-16)19-3-1-2-9-21-19/h1-7,9,18,23H,8,10-15H2/t18-,20-/m1/s1. The lowest BCUT2D eigenvalue weighted by molar-refractivity contribution is -0.0417. The van der Waals surface area contributed by atoms with Crippen molar-refractivity contribution in [3.63, 3.8) is 0 Å². The third kappa shape index (κ3) is 2.97. The molecule has 0 radical (unpaired) electrons. The van der Waals surface area contributed by atoms with E-state index in [-0.39, 0.29) is 12.0 Å². The number of fused-ring (bicyclic) bond motifs is 1. The molecular weight excluding hydrogens is 300 g/mol. The summed E-state index contributed by atoms with van der Waals surface area (Å²) in [6.45, 7) is 4.76.